The van der Waals surface area contributed by atoms with Crippen molar-refractivity contribution in [3.63, 3.8) is 0 Å². The maximum atomic E-state index is 9.13. The average molecular weight is 215 g/mol. The zero-order valence-corrected chi connectivity index (χ0v) is 10.2. The number of methoxy groups -OCH3 is 2. The molecule has 0 aliphatic carbocycles. The van der Waals surface area contributed by atoms with Gasteiger partial charge in [0.15, 0.2) is 11.5 Å². The highest BCUT2D eigenvalue weighted by molar-refractivity contribution is 5.21. The molecule has 0 aliphatic rings. The molecule has 0 amide bonds. The first-order valence-electron chi connectivity index (χ1n) is 4.93. The van der Waals surface area contributed by atoms with Gasteiger partial charge in [-0.2, -0.15) is 5.06 Å². The van der Waals surface area contributed by atoms with E-state index in [1.54, 1.807) is 21.3 Å². The van der Waals surface area contributed by atoms with Crippen LogP contribution in [-0.2, 0) is 9.47 Å². The lowest BCUT2D eigenvalue weighted by Crippen LogP contribution is -2.18. The number of likely N-dealkylation sites (N-methyl/N-ethyl adjacent to an activating group) is 1. The molecule has 0 aromatic rings. The molecule has 1 N–H and O–H groups in total. The van der Waals surface area contributed by atoms with Crippen molar-refractivity contribution in [1.29, 1.82) is 0 Å². The van der Waals surface area contributed by atoms with E-state index in [-0.39, 0.29) is 0 Å². The van der Waals surface area contributed by atoms with Crippen molar-refractivity contribution in [2.45, 2.75) is 20.3 Å². The fourth-order valence-corrected chi connectivity index (χ4v) is 1.03. The first kappa shape index (κ1) is 14.0. The summed E-state index contributed by atoms with van der Waals surface area (Å²) in [6.07, 6.45) is 2.88. The van der Waals surface area contributed by atoms with Gasteiger partial charge in [-0.25, -0.2) is 0 Å². The number of ether oxygens (including phenoxy) is 2. The lowest BCUT2D eigenvalue weighted by molar-refractivity contribution is -0.0657. The standard InChI is InChI=1S/C11H21NO3/c1-6-9(2)7-10(14-4)11(15-5)8-12(3)13/h7,13H,6,8H2,1-5H3/b9-7+,11-10-. The van der Waals surface area contributed by atoms with E-state index >= 15 is 0 Å². The van der Waals surface area contributed by atoms with E-state index in [4.69, 9.17) is 14.7 Å². The van der Waals surface area contributed by atoms with Gasteiger partial charge in [0.1, 0.15) is 0 Å². The van der Waals surface area contributed by atoms with Crippen LogP contribution < -0.4 is 0 Å². The predicted molar refractivity (Wildman–Crippen MR) is 59.5 cm³/mol. The zero-order valence-electron chi connectivity index (χ0n) is 10.2. The zero-order chi connectivity index (χ0) is 11.8. The Bertz CT molecular complexity index is 244. The second kappa shape index (κ2) is 7.31. The van der Waals surface area contributed by atoms with Crippen LogP contribution >= 0.6 is 0 Å². The van der Waals surface area contributed by atoms with E-state index in [0.717, 1.165) is 11.5 Å². The Hall–Kier alpha value is -1.00. The molecule has 4 heteroatoms. The molecule has 0 aromatic heterocycles. The molecule has 0 fully saturated rings. The minimum Gasteiger partial charge on any atom is -0.496 e. The summed E-state index contributed by atoms with van der Waals surface area (Å²) in [4.78, 5) is 0. The van der Waals surface area contributed by atoms with Gasteiger partial charge in [0.2, 0.25) is 0 Å². The molecular weight excluding hydrogens is 194 g/mol. The summed E-state index contributed by atoms with van der Waals surface area (Å²) < 4.78 is 10.4. The van der Waals surface area contributed by atoms with Gasteiger partial charge >= 0.3 is 0 Å². The topological polar surface area (TPSA) is 41.9 Å². The molecule has 0 saturated carbocycles. The van der Waals surface area contributed by atoms with Crippen LogP contribution in [-0.4, -0.2) is 38.1 Å². The third-order valence-electron chi connectivity index (χ3n) is 2.05. The summed E-state index contributed by atoms with van der Waals surface area (Å²) in [7, 11) is 4.71. The molecule has 0 bridgehead atoms. The molecule has 0 rings (SSSR count). The predicted octanol–water partition coefficient (Wildman–Crippen LogP) is 2.17. The highest BCUT2D eigenvalue weighted by Crippen LogP contribution is 2.12. The molecule has 4 nitrogen and oxygen atoms in total. The van der Waals surface area contributed by atoms with Crippen LogP contribution in [0.25, 0.3) is 0 Å². The highest BCUT2D eigenvalue weighted by atomic mass is 16.5. The van der Waals surface area contributed by atoms with E-state index in [1.807, 2.05) is 13.0 Å². The molecule has 0 radical (unpaired) electrons. The smallest absolute Gasteiger partial charge is 0.157 e. The SMILES string of the molecule is CC/C(C)=C/C(OC)=C(\CN(C)O)OC. The van der Waals surface area contributed by atoms with E-state index < -0.39 is 0 Å². The van der Waals surface area contributed by atoms with E-state index in [1.165, 1.54) is 5.57 Å². The quantitative estimate of drug-likeness (QED) is 0.419. The van der Waals surface area contributed by atoms with Gasteiger partial charge in [-0.15, -0.1) is 0 Å². The minimum atomic E-state index is 0.299. The number of nitrogens with zero attached hydrogens (tertiary/aromatic N) is 1. The monoisotopic (exact) mass is 215 g/mol. The van der Waals surface area contributed by atoms with Gasteiger partial charge in [-0.3, -0.25) is 0 Å². The Morgan fingerprint density at radius 2 is 1.93 bits per heavy atom. The van der Waals surface area contributed by atoms with E-state index in [0.29, 0.717) is 18.1 Å². The van der Waals surface area contributed by atoms with Crippen molar-refractivity contribution >= 4 is 0 Å². The maximum absolute atomic E-state index is 9.13. The lowest BCUT2D eigenvalue weighted by Gasteiger charge is -2.14. The van der Waals surface area contributed by atoms with Crippen molar-refractivity contribution < 1.29 is 14.7 Å². The van der Waals surface area contributed by atoms with Gasteiger partial charge in [0.05, 0.1) is 20.8 Å². The summed E-state index contributed by atoms with van der Waals surface area (Å²) >= 11 is 0. The van der Waals surface area contributed by atoms with Crippen LogP contribution in [0.3, 0.4) is 0 Å². The van der Waals surface area contributed by atoms with Crippen LogP contribution in [0.1, 0.15) is 20.3 Å². The second-order valence-electron chi connectivity index (χ2n) is 3.36. The van der Waals surface area contributed by atoms with Crippen molar-refractivity contribution in [3.05, 3.63) is 23.2 Å². The number of hydroxylamine groups is 2. The Morgan fingerprint density at radius 3 is 2.27 bits per heavy atom. The number of hydrogen-bond donors (Lipinski definition) is 1. The maximum Gasteiger partial charge on any atom is 0.157 e. The van der Waals surface area contributed by atoms with Gasteiger partial charge in [0, 0.05) is 7.05 Å². The molecule has 0 aliphatic heterocycles. The van der Waals surface area contributed by atoms with Crippen molar-refractivity contribution in [1.82, 2.24) is 5.06 Å². The summed E-state index contributed by atoms with van der Waals surface area (Å²) in [6.45, 7) is 4.39. The molecule has 0 atom stereocenters. The van der Waals surface area contributed by atoms with E-state index in [2.05, 4.69) is 6.92 Å². The van der Waals surface area contributed by atoms with Crippen LogP contribution in [0, 0.1) is 0 Å². The van der Waals surface area contributed by atoms with Gasteiger partial charge in [-0.1, -0.05) is 12.5 Å². The average Bonchev–Trinajstić information content (AvgIpc) is 2.22. The third-order valence-corrected chi connectivity index (χ3v) is 2.05. The molecule has 0 spiro atoms. The highest BCUT2D eigenvalue weighted by Gasteiger charge is 2.08. The number of rotatable bonds is 6. The molecule has 15 heavy (non-hydrogen) atoms. The van der Waals surface area contributed by atoms with Gasteiger partial charge in [0.25, 0.3) is 0 Å². The second-order valence-corrected chi connectivity index (χ2v) is 3.36. The summed E-state index contributed by atoms with van der Waals surface area (Å²) in [6, 6.07) is 0. The lowest BCUT2D eigenvalue weighted by atomic mass is 10.2. The first-order valence-corrected chi connectivity index (χ1v) is 4.93. The van der Waals surface area contributed by atoms with Crippen LogP contribution in [0.4, 0.5) is 0 Å². The molecule has 0 heterocycles. The Labute approximate surface area is 91.7 Å². The Morgan fingerprint density at radius 1 is 1.33 bits per heavy atom. The van der Waals surface area contributed by atoms with E-state index in [9.17, 15) is 0 Å². The van der Waals surface area contributed by atoms with Crippen molar-refractivity contribution in [2.75, 3.05) is 27.8 Å². The molecular formula is C11H21NO3. The Balaban J connectivity index is 4.89. The molecule has 0 saturated heterocycles. The Kier molecular flexibility index (Phi) is 6.83. The fraction of sp³-hybridized carbons (Fsp3) is 0.636. The van der Waals surface area contributed by atoms with Crippen molar-refractivity contribution in [3.8, 4) is 0 Å². The summed E-state index contributed by atoms with van der Waals surface area (Å²) in [5, 5.41) is 10.2. The molecule has 88 valence electrons. The minimum absolute atomic E-state index is 0.299. The summed E-state index contributed by atoms with van der Waals surface area (Å²) in [5.41, 5.74) is 1.20. The fourth-order valence-electron chi connectivity index (χ4n) is 1.03. The summed E-state index contributed by atoms with van der Waals surface area (Å²) in [5.74, 6) is 1.26. The molecule has 0 aromatic carbocycles. The number of hydrogen-bond acceptors (Lipinski definition) is 4. The van der Waals surface area contributed by atoms with Crippen LogP contribution in [0.5, 0.6) is 0 Å². The van der Waals surface area contributed by atoms with Crippen molar-refractivity contribution in [2.24, 2.45) is 0 Å². The van der Waals surface area contributed by atoms with Crippen LogP contribution in [0.2, 0.25) is 0 Å². The third kappa shape index (κ3) is 5.44. The van der Waals surface area contributed by atoms with Crippen LogP contribution in [0.15, 0.2) is 23.2 Å². The normalized spacial score (nSPS) is 13.9. The molecule has 0 unspecified atom stereocenters. The first-order chi connectivity index (χ1) is 7.04. The van der Waals surface area contributed by atoms with Gasteiger partial charge < -0.3 is 14.7 Å². The number of allylic oxidation sites excluding steroid dienone is 2. The largest absolute Gasteiger partial charge is 0.496 e. The van der Waals surface area contributed by atoms with Gasteiger partial charge in [-0.05, 0) is 19.4 Å².